The molecule has 0 saturated heterocycles. The summed E-state index contributed by atoms with van der Waals surface area (Å²) in [5.74, 6) is 1.68. The Morgan fingerprint density at radius 2 is 2.00 bits per heavy atom. The Labute approximate surface area is 189 Å². The number of hydrogen-bond acceptors (Lipinski definition) is 6. The number of amides is 1. The monoisotopic (exact) mass is 450 g/mol. The van der Waals surface area contributed by atoms with E-state index in [9.17, 15) is 4.79 Å². The summed E-state index contributed by atoms with van der Waals surface area (Å²) in [6.07, 6.45) is 2.63. The summed E-state index contributed by atoms with van der Waals surface area (Å²) >= 11 is 3.12. The maximum atomic E-state index is 12.4. The quantitative estimate of drug-likeness (QED) is 0.345. The Hall–Kier alpha value is -3.10. The van der Waals surface area contributed by atoms with E-state index in [1.165, 1.54) is 16.6 Å². The summed E-state index contributed by atoms with van der Waals surface area (Å²) in [6, 6.07) is 19.4. The van der Waals surface area contributed by atoms with Gasteiger partial charge >= 0.3 is 0 Å². The van der Waals surface area contributed by atoms with Crippen molar-refractivity contribution in [3.8, 4) is 11.5 Å². The highest BCUT2D eigenvalue weighted by Crippen LogP contribution is 2.24. The van der Waals surface area contributed by atoms with Crippen molar-refractivity contribution >= 4 is 34.7 Å². The third-order valence-electron chi connectivity index (χ3n) is 4.45. The van der Waals surface area contributed by atoms with Crippen LogP contribution in [0, 0.1) is 6.92 Å². The highest BCUT2D eigenvalue weighted by molar-refractivity contribution is 7.99. The number of nitrogens with zero attached hydrogens (tertiary/aromatic N) is 3. The van der Waals surface area contributed by atoms with Crippen molar-refractivity contribution in [2.45, 2.75) is 25.0 Å². The fourth-order valence-corrected chi connectivity index (χ4v) is 4.38. The standard InChI is InChI=1S/C23H22N4O2S2/c1-17-4-2-5-20(14-17)29-19-9-7-18(8-10-19)25-22(28)15-31-23-26-24-16-27(23)12-11-21-6-3-13-30-21/h2-10,13-14,16H,11-12,15H2,1H3,(H,25,28). The van der Waals surface area contributed by atoms with Gasteiger partial charge in [-0.1, -0.05) is 30.0 Å². The van der Waals surface area contributed by atoms with Crippen LogP contribution in [0.2, 0.25) is 0 Å². The van der Waals surface area contributed by atoms with E-state index in [0.29, 0.717) is 0 Å². The molecule has 0 atom stereocenters. The lowest BCUT2D eigenvalue weighted by Gasteiger charge is -2.09. The number of carbonyl (C=O) groups is 1. The first-order chi connectivity index (χ1) is 15.2. The maximum Gasteiger partial charge on any atom is 0.234 e. The van der Waals surface area contributed by atoms with Gasteiger partial charge in [0.25, 0.3) is 0 Å². The minimum atomic E-state index is -0.0924. The van der Waals surface area contributed by atoms with E-state index in [-0.39, 0.29) is 11.7 Å². The molecule has 0 saturated carbocycles. The van der Waals surface area contributed by atoms with E-state index in [4.69, 9.17) is 4.74 Å². The Kier molecular flexibility index (Phi) is 7.01. The van der Waals surface area contributed by atoms with Gasteiger partial charge in [0.1, 0.15) is 17.8 Å². The summed E-state index contributed by atoms with van der Waals surface area (Å²) < 4.78 is 7.83. The zero-order valence-corrected chi connectivity index (χ0v) is 18.7. The molecule has 2 aromatic heterocycles. The van der Waals surface area contributed by atoms with Crippen LogP contribution in [-0.2, 0) is 17.8 Å². The van der Waals surface area contributed by atoms with E-state index in [0.717, 1.165) is 40.9 Å². The second-order valence-electron chi connectivity index (χ2n) is 6.92. The number of anilines is 1. The summed E-state index contributed by atoms with van der Waals surface area (Å²) in [4.78, 5) is 13.7. The van der Waals surface area contributed by atoms with Gasteiger partial charge in [-0.25, -0.2) is 0 Å². The lowest BCUT2D eigenvalue weighted by molar-refractivity contribution is -0.113. The number of carbonyl (C=O) groups excluding carboxylic acids is 1. The fourth-order valence-electron chi connectivity index (χ4n) is 2.94. The van der Waals surface area contributed by atoms with Crippen LogP contribution in [0.4, 0.5) is 5.69 Å². The fraction of sp³-hybridized carbons (Fsp3) is 0.174. The second-order valence-corrected chi connectivity index (χ2v) is 8.89. The van der Waals surface area contributed by atoms with Gasteiger partial charge in [-0.2, -0.15) is 0 Å². The van der Waals surface area contributed by atoms with E-state index in [1.54, 1.807) is 17.7 Å². The number of aryl methyl sites for hydroxylation is 3. The van der Waals surface area contributed by atoms with Crippen LogP contribution in [0.1, 0.15) is 10.4 Å². The third-order valence-corrected chi connectivity index (χ3v) is 6.37. The topological polar surface area (TPSA) is 69.0 Å². The van der Waals surface area contributed by atoms with Crippen LogP contribution in [0.25, 0.3) is 0 Å². The SMILES string of the molecule is Cc1cccc(Oc2ccc(NC(=O)CSc3nncn3CCc3cccs3)cc2)c1. The normalized spacial score (nSPS) is 10.7. The molecular weight excluding hydrogens is 428 g/mol. The van der Waals surface area contributed by atoms with Crippen molar-refractivity contribution < 1.29 is 9.53 Å². The molecule has 8 heteroatoms. The zero-order chi connectivity index (χ0) is 21.5. The molecule has 31 heavy (non-hydrogen) atoms. The number of benzene rings is 2. The van der Waals surface area contributed by atoms with Gasteiger partial charge in [0.05, 0.1) is 5.75 Å². The molecule has 4 rings (SSSR count). The molecule has 0 spiro atoms. The summed E-state index contributed by atoms with van der Waals surface area (Å²) in [6.45, 7) is 2.82. The molecule has 2 aromatic carbocycles. The van der Waals surface area contributed by atoms with Gasteiger partial charge in [0, 0.05) is 17.1 Å². The predicted molar refractivity (Wildman–Crippen MR) is 125 cm³/mol. The molecule has 6 nitrogen and oxygen atoms in total. The zero-order valence-electron chi connectivity index (χ0n) is 17.0. The first kappa shape index (κ1) is 21.1. The largest absolute Gasteiger partial charge is 0.457 e. The van der Waals surface area contributed by atoms with Gasteiger partial charge in [0.15, 0.2) is 5.16 Å². The lowest BCUT2D eigenvalue weighted by atomic mass is 10.2. The molecule has 158 valence electrons. The maximum absolute atomic E-state index is 12.4. The van der Waals surface area contributed by atoms with Crippen LogP contribution >= 0.6 is 23.1 Å². The molecular formula is C23H22N4O2S2. The predicted octanol–water partition coefficient (Wildman–Crippen LogP) is 5.41. The molecule has 4 aromatic rings. The molecule has 0 unspecified atom stereocenters. The van der Waals surface area contributed by atoms with Crippen molar-refractivity contribution in [3.05, 3.63) is 82.8 Å². The number of ether oxygens (including phenoxy) is 1. The molecule has 0 aliphatic carbocycles. The Balaban J connectivity index is 1.26. The van der Waals surface area contributed by atoms with Gasteiger partial charge in [-0.05, 0) is 66.8 Å². The summed E-state index contributed by atoms with van der Waals surface area (Å²) in [5.41, 5.74) is 1.86. The number of aromatic nitrogens is 3. The molecule has 0 aliphatic rings. The number of rotatable bonds is 9. The average molecular weight is 451 g/mol. The van der Waals surface area contributed by atoms with Crippen molar-refractivity contribution in [3.63, 3.8) is 0 Å². The first-order valence-corrected chi connectivity index (χ1v) is 11.7. The van der Waals surface area contributed by atoms with E-state index in [2.05, 4.69) is 27.0 Å². The van der Waals surface area contributed by atoms with Crippen molar-refractivity contribution in [2.24, 2.45) is 0 Å². The highest BCUT2D eigenvalue weighted by atomic mass is 32.2. The van der Waals surface area contributed by atoms with Crippen molar-refractivity contribution in [2.75, 3.05) is 11.1 Å². The summed E-state index contributed by atoms with van der Waals surface area (Å²) in [5, 5.41) is 13.8. The van der Waals surface area contributed by atoms with Gasteiger partial charge in [-0.15, -0.1) is 21.5 Å². The second kappa shape index (κ2) is 10.3. The highest BCUT2D eigenvalue weighted by Gasteiger charge is 2.10. The molecule has 0 radical (unpaired) electrons. The van der Waals surface area contributed by atoms with Crippen LogP contribution in [0.3, 0.4) is 0 Å². The molecule has 1 amide bonds. The van der Waals surface area contributed by atoms with Gasteiger partial charge in [0.2, 0.25) is 5.91 Å². The van der Waals surface area contributed by atoms with Crippen LogP contribution in [-0.4, -0.2) is 26.4 Å². The number of nitrogens with one attached hydrogen (secondary N) is 1. The Morgan fingerprint density at radius 1 is 1.13 bits per heavy atom. The Morgan fingerprint density at radius 3 is 2.77 bits per heavy atom. The molecule has 0 aliphatic heterocycles. The molecule has 1 N–H and O–H groups in total. The minimum Gasteiger partial charge on any atom is -0.457 e. The number of hydrogen-bond donors (Lipinski definition) is 1. The first-order valence-electron chi connectivity index (χ1n) is 9.83. The minimum absolute atomic E-state index is 0.0924. The third kappa shape index (κ3) is 6.19. The van der Waals surface area contributed by atoms with Crippen LogP contribution in [0.5, 0.6) is 11.5 Å². The number of thiophene rings is 1. The van der Waals surface area contributed by atoms with Gasteiger partial charge in [-0.3, -0.25) is 4.79 Å². The smallest absolute Gasteiger partial charge is 0.234 e. The molecule has 2 heterocycles. The lowest BCUT2D eigenvalue weighted by Crippen LogP contribution is -2.14. The summed E-state index contributed by atoms with van der Waals surface area (Å²) in [7, 11) is 0. The molecule has 0 fully saturated rings. The van der Waals surface area contributed by atoms with Crippen molar-refractivity contribution in [1.29, 1.82) is 0 Å². The van der Waals surface area contributed by atoms with E-state index >= 15 is 0 Å². The Bertz CT molecular complexity index is 1120. The van der Waals surface area contributed by atoms with E-state index in [1.807, 2.05) is 66.1 Å². The van der Waals surface area contributed by atoms with Crippen LogP contribution in [0.15, 0.2) is 77.5 Å². The number of thioether (sulfide) groups is 1. The van der Waals surface area contributed by atoms with Crippen molar-refractivity contribution in [1.82, 2.24) is 14.8 Å². The van der Waals surface area contributed by atoms with Gasteiger partial charge < -0.3 is 14.6 Å². The molecule has 0 bridgehead atoms. The average Bonchev–Trinajstić information content (AvgIpc) is 3.44. The van der Waals surface area contributed by atoms with Crippen LogP contribution < -0.4 is 10.1 Å². The van der Waals surface area contributed by atoms with E-state index < -0.39 is 0 Å².